The van der Waals surface area contributed by atoms with E-state index in [4.69, 9.17) is 9.47 Å². The quantitative estimate of drug-likeness (QED) is 0.891. The van der Waals surface area contributed by atoms with Crippen molar-refractivity contribution >= 4 is 5.78 Å². The van der Waals surface area contributed by atoms with Crippen molar-refractivity contribution in [2.75, 3.05) is 13.7 Å². The van der Waals surface area contributed by atoms with Crippen molar-refractivity contribution in [1.82, 2.24) is 0 Å². The van der Waals surface area contributed by atoms with E-state index in [1.54, 1.807) is 19.1 Å². The molecule has 0 bridgehead atoms. The Balaban J connectivity index is 2.14. The summed E-state index contributed by atoms with van der Waals surface area (Å²) in [5, 5.41) is 19.2. The van der Waals surface area contributed by atoms with Crippen molar-refractivity contribution in [3.63, 3.8) is 0 Å². The Morgan fingerprint density at radius 3 is 2.45 bits per heavy atom. The molecule has 5 heteroatoms. The van der Waals surface area contributed by atoms with Crippen LogP contribution in [0.2, 0.25) is 0 Å². The van der Waals surface area contributed by atoms with Crippen molar-refractivity contribution < 1.29 is 24.5 Å². The summed E-state index contributed by atoms with van der Waals surface area (Å²) in [6.45, 7) is 1.70. The van der Waals surface area contributed by atoms with Gasteiger partial charge in [-0.05, 0) is 36.8 Å². The zero-order valence-corrected chi connectivity index (χ0v) is 12.3. The lowest BCUT2D eigenvalue weighted by atomic mass is 9.83. The van der Waals surface area contributed by atoms with Gasteiger partial charge in [-0.1, -0.05) is 12.1 Å². The van der Waals surface area contributed by atoms with Crippen molar-refractivity contribution in [3.8, 4) is 17.2 Å². The monoisotopic (exact) mass is 300 g/mol. The van der Waals surface area contributed by atoms with Gasteiger partial charge in [0, 0.05) is 12.7 Å². The first-order chi connectivity index (χ1) is 10.5. The highest BCUT2D eigenvalue weighted by Gasteiger charge is 2.46. The third kappa shape index (κ3) is 1.94. The average Bonchev–Trinajstić information content (AvgIpc) is 2.53. The molecule has 0 saturated heterocycles. The van der Waals surface area contributed by atoms with Crippen LogP contribution in [0, 0.1) is 6.92 Å². The SMILES string of the molecule is COC1(c2ccc(O)cc2)COc2c(ccc(O)c2C)C1=O. The van der Waals surface area contributed by atoms with E-state index in [1.807, 2.05) is 0 Å². The highest BCUT2D eigenvalue weighted by molar-refractivity contribution is 6.06. The summed E-state index contributed by atoms with van der Waals surface area (Å²) < 4.78 is 11.3. The Bertz CT molecular complexity index is 735. The van der Waals surface area contributed by atoms with Gasteiger partial charge in [-0.25, -0.2) is 0 Å². The Hall–Kier alpha value is -2.53. The molecular formula is C17H16O5. The second kappa shape index (κ2) is 5.03. The fourth-order valence-electron chi connectivity index (χ4n) is 2.72. The van der Waals surface area contributed by atoms with Crippen molar-refractivity contribution in [1.29, 1.82) is 0 Å². The Labute approximate surface area is 127 Å². The molecule has 1 aliphatic heterocycles. The number of hydrogen-bond donors (Lipinski definition) is 2. The number of aromatic hydroxyl groups is 2. The van der Waals surface area contributed by atoms with Crippen LogP contribution in [0.15, 0.2) is 36.4 Å². The fraction of sp³-hybridized carbons (Fsp3) is 0.235. The number of phenolic OH excluding ortho intramolecular Hbond substituents is 2. The maximum absolute atomic E-state index is 13.0. The first kappa shape index (κ1) is 14.4. The predicted octanol–water partition coefficient (Wildman–Crippen LogP) is 2.52. The molecule has 0 aliphatic carbocycles. The van der Waals surface area contributed by atoms with E-state index in [2.05, 4.69) is 0 Å². The summed E-state index contributed by atoms with van der Waals surface area (Å²) in [4.78, 5) is 13.0. The van der Waals surface area contributed by atoms with Gasteiger partial charge in [0.25, 0.3) is 0 Å². The number of Topliss-reactive ketones (excluding diaryl/α,β-unsaturated/α-hetero) is 1. The van der Waals surface area contributed by atoms with Crippen LogP contribution in [-0.4, -0.2) is 29.7 Å². The molecule has 1 heterocycles. The summed E-state index contributed by atoms with van der Waals surface area (Å²) in [5.41, 5.74) is 0.247. The standard InChI is InChI=1S/C17H16O5/c1-10-14(19)8-7-13-15(10)22-9-17(21-2,16(13)20)11-3-5-12(18)6-4-11/h3-8,18-19H,9H2,1-2H3. The largest absolute Gasteiger partial charge is 0.508 e. The number of hydrogen-bond acceptors (Lipinski definition) is 5. The van der Waals surface area contributed by atoms with Crippen molar-refractivity contribution in [3.05, 3.63) is 53.1 Å². The summed E-state index contributed by atoms with van der Waals surface area (Å²) in [5.74, 6) is 0.350. The first-order valence-corrected chi connectivity index (χ1v) is 6.84. The van der Waals surface area contributed by atoms with Crippen LogP contribution in [-0.2, 0) is 10.3 Å². The summed E-state index contributed by atoms with van der Waals surface area (Å²) in [6.07, 6.45) is 0. The van der Waals surface area contributed by atoms with Crippen LogP contribution in [0.1, 0.15) is 21.5 Å². The van der Waals surface area contributed by atoms with E-state index in [-0.39, 0.29) is 23.9 Å². The molecule has 0 saturated carbocycles. The molecule has 5 nitrogen and oxygen atoms in total. The molecule has 0 radical (unpaired) electrons. The third-order valence-corrected chi connectivity index (χ3v) is 4.09. The number of fused-ring (bicyclic) bond motifs is 1. The normalized spacial score (nSPS) is 20.4. The number of rotatable bonds is 2. The van der Waals surface area contributed by atoms with E-state index in [0.29, 0.717) is 22.4 Å². The van der Waals surface area contributed by atoms with Gasteiger partial charge in [0.05, 0.1) is 5.56 Å². The van der Waals surface area contributed by atoms with E-state index in [1.165, 1.54) is 31.4 Å². The predicted molar refractivity (Wildman–Crippen MR) is 79.5 cm³/mol. The van der Waals surface area contributed by atoms with Crippen LogP contribution in [0.3, 0.4) is 0 Å². The van der Waals surface area contributed by atoms with Gasteiger partial charge in [0.1, 0.15) is 23.9 Å². The van der Waals surface area contributed by atoms with Crippen LogP contribution >= 0.6 is 0 Å². The summed E-state index contributed by atoms with van der Waals surface area (Å²) >= 11 is 0. The molecule has 2 aromatic rings. The molecule has 2 N–H and O–H groups in total. The van der Waals surface area contributed by atoms with Gasteiger partial charge in [0.15, 0.2) is 5.60 Å². The van der Waals surface area contributed by atoms with E-state index in [0.717, 1.165) is 0 Å². The summed E-state index contributed by atoms with van der Waals surface area (Å²) in [6, 6.07) is 9.28. The number of benzene rings is 2. The number of ether oxygens (including phenoxy) is 2. The highest BCUT2D eigenvalue weighted by Crippen LogP contribution is 2.41. The lowest BCUT2D eigenvalue weighted by Gasteiger charge is -2.36. The first-order valence-electron chi connectivity index (χ1n) is 6.84. The van der Waals surface area contributed by atoms with Crippen LogP contribution in [0.25, 0.3) is 0 Å². The van der Waals surface area contributed by atoms with Gasteiger partial charge < -0.3 is 19.7 Å². The smallest absolute Gasteiger partial charge is 0.206 e. The van der Waals surface area contributed by atoms with E-state index in [9.17, 15) is 15.0 Å². The van der Waals surface area contributed by atoms with Crippen LogP contribution in [0.5, 0.6) is 17.2 Å². The maximum Gasteiger partial charge on any atom is 0.206 e. The number of phenols is 2. The zero-order valence-electron chi connectivity index (χ0n) is 12.3. The Kier molecular flexibility index (Phi) is 3.30. The lowest BCUT2D eigenvalue weighted by Crippen LogP contribution is -2.46. The number of carbonyl (C=O) groups is 1. The number of carbonyl (C=O) groups excluding carboxylic acids is 1. The molecular weight excluding hydrogens is 284 g/mol. The second-order valence-corrected chi connectivity index (χ2v) is 5.28. The topological polar surface area (TPSA) is 76.0 Å². The molecule has 22 heavy (non-hydrogen) atoms. The van der Waals surface area contributed by atoms with Crippen molar-refractivity contribution in [2.24, 2.45) is 0 Å². The molecule has 114 valence electrons. The zero-order chi connectivity index (χ0) is 15.9. The van der Waals surface area contributed by atoms with Gasteiger partial charge in [0.2, 0.25) is 5.78 Å². The fourth-order valence-corrected chi connectivity index (χ4v) is 2.72. The average molecular weight is 300 g/mol. The summed E-state index contributed by atoms with van der Waals surface area (Å²) in [7, 11) is 1.45. The molecule has 0 aromatic heterocycles. The van der Waals surface area contributed by atoms with Crippen LogP contribution < -0.4 is 4.74 Å². The molecule has 1 atom stereocenters. The third-order valence-electron chi connectivity index (χ3n) is 4.09. The minimum Gasteiger partial charge on any atom is -0.508 e. The minimum absolute atomic E-state index is 0.00437. The van der Waals surface area contributed by atoms with Gasteiger partial charge >= 0.3 is 0 Å². The maximum atomic E-state index is 13.0. The van der Waals surface area contributed by atoms with Gasteiger partial charge in [-0.15, -0.1) is 0 Å². The second-order valence-electron chi connectivity index (χ2n) is 5.28. The molecule has 0 amide bonds. The van der Waals surface area contributed by atoms with Crippen molar-refractivity contribution in [2.45, 2.75) is 12.5 Å². The highest BCUT2D eigenvalue weighted by atomic mass is 16.5. The number of methoxy groups -OCH3 is 1. The van der Waals surface area contributed by atoms with Gasteiger partial charge in [-0.2, -0.15) is 0 Å². The van der Waals surface area contributed by atoms with E-state index >= 15 is 0 Å². The Morgan fingerprint density at radius 1 is 1.14 bits per heavy atom. The van der Waals surface area contributed by atoms with E-state index < -0.39 is 5.60 Å². The molecule has 0 fully saturated rings. The number of ketones is 1. The lowest BCUT2D eigenvalue weighted by molar-refractivity contribution is -0.0347. The van der Waals surface area contributed by atoms with Gasteiger partial charge in [-0.3, -0.25) is 4.79 Å². The Morgan fingerprint density at radius 2 is 1.82 bits per heavy atom. The molecule has 1 unspecified atom stereocenters. The molecule has 0 spiro atoms. The molecule has 1 aliphatic rings. The van der Waals surface area contributed by atoms with Crippen LogP contribution in [0.4, 0.5) is 0 Å². The minimum atomic E-state index is -1.26. The molecule has 2 aromatic carbocycles. The molecule has 3 rings (SSSR count).